The van der Waals surface area contributed by atoms with Gasteiger partial charge in [0.05, 0.1) is 31.9 Å². The fourth-order valence-electron chi connectivity index (χ4n) is 3.36. The molecule has 1 atom stereocenters. The van der Waals surface area contributed by atoms with Gasteiger partial charge in [0.15, 0.2) is 0 Å². The van der Waals surface area contributed by atoms with Gasteiger partial charge in [0.2, 0.25) is 6.73 Å². The molecular weight excluding hydrogens is 400 g/mol. The third-order valence-electron chi connectivity index (χ3n) is 5.10. The van der Waals surface area contributed by atoms with Gasteiger partial charge in [0.25, 0.3) is 5.88 Å². The minimum atomic E-state index is -0.359. The lowest BCUT2D eigenvalue weighted by Gasteiger charge is -2.36. The van der Waals surface area contributed by atoms with E-state index in [1.54, 1.807) is 0 Å². The summed E-state index contributed by atoms with van der Waals surface area (Å²) in [4.78, 5) is 12.0. The van der Waals surface area contributed by atoms with Crippen LogP contribution in [0, 0.1) is 0 Å². The smallest absolute Gasteiger partial charge is 0.411 e. The Morgan fingerprint density at radius 1 is 1.27 bits per heavy atom. The fraction of sp³-hybridized carbons (Fsp3) is 0.682. The van der Waals surface area contributed by atoms with Crippen molar-refractivity contribution in [2.24, 2.45) is 0 Å². The SMILES string of the molecule is CC/C=C/CCNC(=O)OC[N+]1(C)CCC=C(c2nsnc2OCCCCCC)C1. The van der Waals surface area contributed by atoms with Gasteiger partial charge in [-0.05, 0) is 19.3 Å². The van der Waals surface area contributed by atoms with Crippen LogP contribution in [-0.4, -0.2) is 59.3 Å². The molecule has 0 saturated carbocycles. The number of nitrogens with zero attached hydrogens (tertiary/aromatic N) is 3. The normalized spacial score (nSPS) is 19.0. The molecule has 1 aliphatic rings. The van der Waals surface area contributed by atoms with E-state index in [0.717, 1.165) is 50.0 Å². The van der Waals surface area contributed by atoms with E-state index in [9.17, 15) is 4.79 Å². The van der Waals surface area contributed by atoms with E-state index in [2.05, 4.69) is 53.2 Å². The van der Waals surface area contributed by atoms with Gasteiger partial charge in [-0.25, -0.2) is 4.79 Å². The second-order valence-electron chi connectivity index (χ2n) is 8.00. The number of alkyl carbamates (subject to hydrolysis) is 1. The molecule has 168 valence electrons. The Balaban J connectivity index is 1.81. The fourth-order valence-corrected chi connectivity index (χ4v) is 3.89. The predicted octanol–water partition coefficient (Wildman–Crippen LogP) is 4.77. The molecule has 2 rings (SSSR count). The summed E-state index contributed by atoms with van der Waals surface area (Å²) in [5, 5.41) is 2.81. The summed E-state index contributed by atoms with van der Waals surface area (Å²) in [6.45, 7) is 7.55. The Hall–Kier alpha value is -1.93. The molecule has 2 heterocycles. The number of carbonyl (C=O) groups excluding carboxylic acids is 1. The summed E-state index contributed by atoms with van der Waals surface area (Å²) in [6.07, 6.45) is 13.4. The van der Waals surface area contributed by atoms with E-state index in [-0.39, 0.29) is 6.09 Å². The zero-order chi connectivity index (χ0) is 21.7. The maximum Gasteiger partial charge on any atom is 0.411 e. The van der Waals surface area contributed by atoms with Crippen LogP contribution in [0.5, 0.6) is 5.88 Å². The number of ether oxygens (including phenoxy) is 2. The number of nitrogens with one attached hydrogen (secondary N) is 1. The van der Waals surface area contributed by atoms with E-state index in [4.69, 9.17) is 9.47 Å². The zero-order valence-electron chi connectivity index (χ0n) is 18.7. The number of hydrogen-bond acceptors (Lipinski definition) is 6. The number of aromatic nitrogens is 2. The Labute approximate surface area is 185 Å². The van der Waals surface area contributed by atoms with Crippen LogP contribution in [0.1, 0.15) is 64.5 Å². The van der Waals surface area contributed by atoms with Gasteiger partial charge in [-0.15, -0.1) is 4.37 Å². The maximum absolute atomic E-state index is 12.0. The molecule has 30 heavy (non-hydrogen) atoms. The average Bonchev–Trinajstić information content (AvgIpc) is 3.21. The molecule has 0 bridgehead atoms. The Kier molecular flexibility index (Phi) is 10.9. The van der Waals surface area contributed by atoms with Crippen LogP contribution in [0.25, 0.3) is 5.57 Å². The van der Waals surface area contributed by atoms with Crippen LogP contribution in [0.4, 0.5) is 4.79 Å². The third-order valence-corrected chi connectivity index (χ3v) is 5.61. The number of amides is 1. The molecule has 1 aromatic rings. The van der Waals surface area contributed by atoms with Crippen LogP contribution in [-0.2, 0) is 4.74 Å². The van der Waals surface area contributed by atoms with Crippen LogP contribution in [0.2, 0.25) is 0 Å². The molecule has 1 aliphatic heterocycles. The largest absolute Gasteiger partial charge is 0.475 e. The second-order valence-corrected chi connectivity index (χ2v) is 8.53. The summed E-state index contributed by atoms with van der Waals surface area (Å²) >= 11 is 1.19. The van der Waals surface area contributed by atoms with E-state index in [1.807, 2.05) is 0 Å². The maximum atomic E-state index is 12.0. The number of likely N-dealkylation sites (N-methyl/N-ethyl adjacent to an activating group) is 1. The van der Waals surface area contributed by atoms with Crippen molar-refractivity contribution in [2.45, 2.75) is 58.8 Å². The molecule has 1 amide bonds. The van der Waals surface area contributed by atoms with Crippen molar-refractivity contribution in [3.63, 3.8) is 0 Å². The van der Waals surface area contributed by atoms with Crippen molar-refractivity contribution in [3.05, 3.63) is 23.9 Å². The lowest BCUT2D eigenvalue weighted by Crippen LogP contribution is -2.50. The summed E-state index contributed by atoms with van der Waals surface area (Å²) in [5.74, 6) is 0.634. The van der Waals surface area contributed by atoms with Gasteiger partial charge in [0, 0.05) is 18.5 Å². The van der Waals surface area contributed by atoms with Crippen LogP contribution < -0.4 is 10.1 Å². The monoisotopic (exact) mass is 437 g/mol. The average molecular weight is 438 g/mol. The Morgan fingerprint density at radius 3 is 2.93 bits per heavy atom. The quantitative estimate of drug-likeness (QED) is 0.273. The third kappa shape index (κ3) is 8.44. The number of unbranched alkanes of at least 4 members (excludes halogenated alkanes) is 3. The molecule has 7 nitrogen and oxygen atoms in total. The van der Waals surface area contributed by atoms with Crippen molar-refractivity contribution in [3.8, 4) is 5.88 Å². The van der Waals surface area contributed by atoms with Gasteiger partial charge in [0.1, 0.15) is 12.2 Å². The zero-order valence-corrected chi connectivity index (χ0v) is 19.5. The second kappa shape index (κ2) is 13.4. The first kappa shape index (κ1) is 24.3. The first-order valence-electron chi connectivity index (χ1n) is 11.1. The molecule has 1 aromatic heterocycles. The van der Waals surface area contributed by atoms with Gasteiger partial charge < -0.3 is 14.8 Å². The molecule has 0 fully saturated rings. The van der Waals surface area contributed by atoms with Crippen molar-refractivity contribution in [2.75, 3.05) is 40.0 Å². The molecule has 8 heteroatoms. The molecular formula is C22H37N4O3S+. The Bertz CT molecular complexity index is 704. The summed E-state index contributed by atoms with van der Waals surface area (Å²) in [6, 6.07) is 0. The van der Waals surface area contributed by atoms with Crippen molar-refractivity contribution in [1.82, 2.24) is 14.1 Å². The molecule has 0 spiro atoms. The standard InChI is InChI=1S/C22H36N4O3S/c1-4-6-8-10-14-23-22(27)29-18-26(3)15-12-13-19(17-26)20-21(25-30-24-20)28-16-11-9-7-5-2/h6,8,13H,4-5,7,9-12,14-18H2,1-3H3/p+1/b8-6+. The van der Waals surface area contributed by atoms with Crippen molar-refractivity contribution in [1.29, 1.82) is 0 Å². The molecule has 1 N–H and O–H groups in total. The Morgan fingerprint density at radius 2 is 2.13 bits per heavy atom. The highest BCUT2D eigenvalue weighted by atomic mass is 32.1. The highest BCUT2D eigenvalue weighted by Gasteiger charge is 2.31. The minimum absolute atomic E-state index is 0.332. The summed E-state index contributed by atoms with van der Waals surface area (Å²) < 4.78 is 20.9. The van der Waals surface area contributed by atoms with Crippen LogP contribution in [0.15, 0.2) is 18.2 Å². The number of rotatable bonds is 13. The number of carbonyl (C=O) groups is 1. The molecule has 0 aromatic carbocycles. The molecule has 0 saturated heterocycles. The molecule has 1 unspecified atom stereocenters. The first-order valence-corrected chi connectivity index (χ1v) is 11.8. The highest BCUT2D eigenvalue weighted by molar-refractivity contribution is 6.99. The summed E-state index contributed by atoms with van der Waals surface area (Å²) in [5.41, 5.74) is 1.96. The van der Waals surface area contributed by atoms with E-state index >= 15 is 0 Å². The lowest BCUT2D eigenvalue weighted by molar-refractivity contribution is -0.919. The van der Waals surface area contributed by atoms with Crippen LogP contribution in [0.3, 0.4) is 0 Å². The van der Waals surface area contributed by atoms with Gasteiger partial charge in [-0.3, -0.25) is 4.48 Å². The van der Waals surface area contributed by atoms with Crippen LogP contribution >= 0.6 is 11.7 Å². The van der Waals surface area contributed by atoms with Gasteiger partial charge in [-0.1, -0.05) is 51.3 Å². The number of hydrogen-bond donors (Lipinski definition) is 1. The molecule has 0 aliphatic carbocycles. The van der Waals surface area contributed by atoms with Crippen molar-refractivity contribution < 1.29 is 18.8 Å². The van der Waals surface area contributed by atoms with Crippen molar-refractivity contribution >= 4 is 23.4 Å². The lowest BCUT2D eigenvalue weighted by atomic mass is 10.1. The van der Waals surface area contributed by atoms with E-state index in [1.165, 1.54) is 31.0 Å². The number of quaternary nitrogens is 1. The summed E-state index contributed by atoms with van der Waals surface area (Å²) in [7, 11) is 2.11. The van der Waals surface area contributed by atoms with Gasteiger partial charge in [-0.2, -0.15) is 4.37 Å². The first-order chi connectivity index (χ1) is 14.6. The van der Waals surface area contributed by atoms with E-state index in [0.29, 0.717) is 30.2 Å². The van der Waals surface area contributed by atoms with Gasteiger partial charge >= 0.3 is 6.09 Å². The number of allylic oxidation sites excluding steroid dienone is 1. The molecule has 0 radical (unpaired) electrons. The topological polar surface area (TPSA) is 73.3 Å². The van der Waals surface area contributed by atoms with E-state index < -0.39 is 0 Å². The highest BCUT2D eigenvalue weighted by Crippen LogP contribution is 2.30. The predicted molar refractivity (Wildman–Crippen MR) is 121 cm³/mol. The minimum Gasteiger partial charge on any atom is -0.475 e.